The zero-order valence-electron chi connectivity index (χ0n) is 8.58. The van der Waals surface area contributed by atoms with Gasteiger partial charge in [-0.1, -0.05) is 11.6 Å². The number of hydrogen-bond acceptors (Lipinski definition) is 2. The van der Waals surface area contributed by atoms with Crippen LogP contribution in [-0.4, -0.2) is 11.9 Å². The van der Waals surface area contributed by atoms with Gasteiger partial charge in [-0.2, -0.15) is 0 Å². The van der Waals surface area contributed by atoms with Gasteiger partial charge < -0.3 is 11.1 Å². The van der Waals surface area contributed by atoms with E-state index in [2.05, 4.69) is 5.32 Å². The molecule has 0 radical (unpaired) electrons. The molecule has 0 aliphatic heterocycles. The van der Waals surface area contributed by atoms with Crippen LogP contribution in [0.15, 0.2) is 18.2 Å². The molecule has 0 spiro atoms. The van der Waals surface area contributed by atoms with Crippen LogP contribution in [0.3, 0.4) is 0 Å². The van der Waals surface area contributed by atoms with Crippen LogP contribution in [0.1, 0.15) is 12.5 Å². The van der Waals surface area contributed by atoms with E-state index < -0.39 is 6.04 Å². The van der Waals surface area contributed by atoms with E-state index in [0.717, 1.165) is 11.3 Å². The van der Waals surface area contributed by atoms with Crippen molar-refractivity contribution in [1.82, 2.24) is 0 Å². The van der Waals surface area contributed by atoms with Gasteiger partial charge in [-0.05, 0) is 37.6 Å². The maximum atomic E-state index is 11.3. The third kappa shape index (κ3) is 4.08. The summed E-state index contributed by atoms with van der Waals surface area (Å²) in [6.45, 7) is 3.52. The lowest BCUT2D eigenvalue weighted by Crippen LogP contribution is -2.32. The van der Waals surface area contributed by atoms with E-state index in [1.165, 1.54) is 0 Å². The number of amides is 1. The molecule has 1 aromatic rings. The van der Waals surface area contributed by atoms with Gasteiger partial charge in [-0.25, -0.2) is 0 Å². The summed E-state index contributed by atoms with van der Waals surface area (Å²) in [5.41, 5.74) is 7.10. The molecule has 1 atom stereocenters. The molecule has 84 valence electrons. The highest BCUT2D eigenvalue weighted by molar-refractivity contribution is 6.30. The largest absolute Gasteiger partial charge is 0.325 e. The molecule has 0 aliphatic rings. The lowest BCUT2D eigenvalue weighted by Gasteiger charge is -2.10. The zero-order chi connectivity index (χ0) is 10.7. The lowest BCUT2D eigenvalue weighted by molar-refractivity contribution is -0.117. The molecule has 0 bridgehead atoms. The van der Waals surface area contributed by atoms with Gasteiger partial charge in [0.15, 0.2) is 0 Å². The molecule has 1 amide bonds. The summed E-state index contributed by atoms with van der Waals surface area (Å²) in [5.74, 6) is -0.199. The van der Waals surface area contributed by atoms with Crippen LogP contribution >= 0.6 is 24.0 Å². The summed E-state index contributed by atoms with van der Waals surface area (Å²) in [7, 11) is 0. The van der Waals surface area contributed by atoms with E-state index in [4.69, 9.17) is 17.3 Å². The monoisotopic (exact) mass is 248 g/mol. The second-order valence-corrected chi connectivity index (χ2v) is 3.67. The van der Waals surface area contributed by atoms with Crippen LogP contribution in [0.2, 0.25) is 5.02 Å². The lowest BCUT2D eigenvalue weighted by atomic mass is 10.2. The normalized spacial score (nSPS) is 11.5. The highest BCUT2D eigenvalue weighted by Crippen LogP contribution is 2.19. The van der Waals surface area contributed by atoms with E-state index in [1.54, 1.807) is 25.1 Å². The Morgan fingerprint density at radius 3 is 2.60 bits per heavy atom. The Balaban J connectivity index is 0.00000196. The number of rotatable bonds is 2. The Hall–Kier alpha value is -0.770. The van der Waals surface area contributed by atoms with Crippen LogP contribution in [0.5, 0.6) is 0 Å². The Labute approximate surface area is 100 Å². The minimum Gasteiger partial charge on any atom is -0.325 e. The SMILES string of the molecule is Cc1cc(Cl)ccc1NC(=O)[C@@H](C)N.Cl. The number of aryl methyl sites for hydroxylation is 1. The number of nitrogens with one attached hydrogen (secondary N) is 1. The van der Waals surface area contributed by atoms with Crippen molar-refractivity contribution in [2.24, 2.45) is 5.73 Å². The molecular weight excluding hydrogens is 235 g/mol. The molecule has 0 aromatic heterocycles. The van der Waals surface area contributed by atoms with Crippen LogP contribution in [0.25, 0.3) is 0 Å². The number of nitrogens with two attached hydrogens (primary N) is 1. The van der Waals surface area contributed by atoms with Crippen molar-refractivity contribution < 1.29 is 4.79 Å². The molecule has 0 saturated carbocycles. The summed E-state index contributed by atoms with van der Waals surface area (Å²) in [5, 5.41) is 3.37. The van der Waals surface area contributed by atoms with Crippen molar-refractivity contribution in [3.8, 4) is 0 Å². The highest BCUT2D eigenvalue weighted by Gasteiger charge is 2.08. The smallest absolute Gasteiger partial charge is 0.241 e. The second-order valence-electron chi connectivity index (χ2n) is 3.24. The predicted octanol–water partition coefficient (Wildman–Crippen LogP) is 2.36. The maximum Gasteiger partial charge on any atom is 0.241 e. The first-order valence-electron chi connectivity index (χ1n) is 4.33. The molecule has 5 heteroatoms. The first-order valence-corrected chi connectivity index (χ1v) is 4.71. The van der Waals surface area contributed by atoms with E-state index in [-0.39, 0.29) is 18.3 Å². The van der Waals surface area contributed by atoms with Gasteiger partial charge in [-0.15, -0.1) is 12.4 Å². The molecule has 0 saturated heterocycles. The van der Waals surface area contributed by atoms with Crippen LogP contribution in [-0.2, 0) is 4.79 Å². The van der Waals surface area contributed by atoms with Crippen molar-refractivity contribution >= 4 is 35.6 Å². The second kappa shape index (κ2) is 5.95. The Kier molecular flexibility index (Phi) is 5.65. The number of benzene rings is 1. The average molecular weight is 249 g/mol. The van der Waals surface area contributed by atoms with Crippen molar-refractivity contribution in [2.45, 2.75) is 19.9 Å². The first-order chi connectivity index (χ1) is 6.50. The van der Waals surface area contributed by atoms with Gasteiger partial charge >= 0.3 is 0 Å². The molecule has 3 nitrogen and oxygen atoms in total. The van der Waals surface area contributed by atoms with E-state index in [0.29, 0.717) is 5.02 Å². The van der Waals surface area contributed by atoms with Gasteiger partial charge in [0, 0.05) is 10.7 Å². The van der Waals surface area contributed by atoms with Gasteiger partial charge in [0.2, 0.25) is 5.91 Å². The highest BCUT2D eigenvalue weighted by atomic mass is 35.5. The van der Waals surface area contributed by atoms with E-state index >= 15 is 0 Å². The summed E-state index contributed by atoms with van der Waals surface area (Å²) in [4.78, 5) is 11.3. The molecule has 1 aromatic carbocycles. The van der Waals surface area contributed by atoms with Crippen molar-refractivity contribution in [3.63, 3.8) is 0 Å². The van der Waals surface area contributed by atoms with Gasteiger partial charge in [0.1, 0.15) is 0 Å². The third-order valence-electron chi connectivity index (χ3n) is 1.86. The molecule has 0 heterocycles. The topological polar surface area (TPSA) is 55.1 Å². The molecule has 0 fully saturated rings. The number of hydrogen-bond donors (Lipinski definition) is 2. The molecule has 3 N–H and O–H groups in total. The maximum absolute atomic E-state index is 11.3. The summed E-state index contributed by atoms with van der Waals surface area (Å²) >= 11 is 5.78. The molecular formula is C10H14Cl2N2O. The number of carbonyl (C=O) groups is 1. The van der Waals surface area contributed by atoms with Gasteiger partial charge in [0.25, 0.3) is 0 Å². The van der Waals surface area contributed by atoms with E-state index in [9.17, 15) is 4.79 Å². The first kappa shape index (κ1) is 14.2. The average Bonchev–Trinajstić information content (AvgIpc) is 2.09. The summed E-state index contributed by atoms with van der Waals surface area (Å²) < 4.78 is 0. The predicted molar refractivity (Wildman–Crippen MR) is 65.7 cm³/mol. The summed E-state index contributed by atoms with van der Waals surface area (Å²) in [6.07, 6.45) is 0. The van der Waals surface area contributed by atoms with Crippen LogP contribution in [0, 0.1) is 6.92 Å². The molecule has 15 heavy (non-hydrogen) atoms. The quantitative estimate of drug-likeness (QED) is 0.845. The molecule has 0 aliphatic carbocycles. The minimum absolute atomic E-state index is 0. The number of halogens is 2. The Morgan fingerprint density at radius 2 is 2.13 bits per heavy atom. The zero-order valence-corrected chi connectivity index (χ0v) is 10.2. The minimum atomic E-state index is -0.509. The molecule has 0 unspecified atom stereocenters. The fourth-order valence-corrected chi connectivity index (χ4v) is 1.24. The van der Waals surface area contributed by atoms with Gasteiger partial charge in [-0.3, -0.25) is 4.79 Å². The van der Waals surface area contributed by atoms with Crippen molar-refractivity contribution in [3.05, 3.63) is 28.8 Å². The Bertz CT molecular complexity index is 353. The fraction of sp³-hybridized carbons (Fsp3) is 0.300. The number of anilines is 1. The fourth-order valence-electron chi connectivity index (χ4n) is 1.01. The van der Waals surface area contributed by atoms with Crippen molar-refractivity contribution in [2.75, 3.05) is 5.32 Å². The summed E-state index contributed by atoms with van der Waals surface area (Å²) in [6, 6.07) is 4.77. The van der Waals surface area contributed by atoms with E-state index in [1.807, 2.05) is 6.92 Å². The third-order valence-corrected chi connectivity index (χ3v) is 2.09. The van der Waals surface area contributed by atoms with Crippen molar-refractivity contribution in [1.29, 1.82) is 0 Å². The van der Waals surface area contributed by atoms with Crippen LogP contribution < -0.4 is 11.1 Å². The molecule has 1 rings (SSSR count). The van der Waals surface area contributed by atoms with Gasteiger partial charge in [0.05, 0.1) is 6.04 Å². The Morgan fingerprint density at radius 1 is 1.53 bits per heavy atom. The standard InChI is InChI=1S/C10H13ClN2O.ClH/c1-6-5-8(11)3-4-9(6)13-10(14)7(2)12;/h3-5,7H,12H2,1-2H3,(H,13,14);1H/t7-;/m1./s1. The number of carbonyl (C=O) groups excluding carboxylic acids is 1. The van der Waals surface area contributed by atoms with Crippen LogP contribution in [0.4, 0.5) is 5.69 Å².